The Balaban J connectivity index is 2.30. The van der Waals surface area contributed by atoms with Gasteiger partial charge in [-0.25, -0.2) is 8.78 Å². The van der Waals surface area contributed by atoms with Gasteiger partial charge in [-0.05, 0) is 6.07 Å². The fraction of sp³-hybridized carbons (Fsp3) is 0.400. The molecule has 15 heavy (non-hydrogen) atoms. The van der Waals surface area contributed by atoms with Crippen molar-refractivity contribution in [3.05, 3.63) is 23.8 Å². The lowest BCUT2D eigenvalue weighted by atomic mass is 10.2. The average Bonchev–Trinajstić information content (AvgIpc) is 2.25. The van der Waals surface area contributed by atoms with Gasteiger partial charge in [-0.2, -0.15) is 0 Å². The minimum Gasteiger partial charge on any atom is -0.396 e. The van der Waals surface area contributed by atoms with Crippen LogP contribution in [0, 0.1) is 11.6 Å². The molecule has 1 saturated heterocycles. The SMILES string of the molecule is Nc1cc(N2CCOCC2)c(F)cc1F. The minimum atomic E-state index is -0.718. The highest BCUT2D eigenvalue weighted by Crippen LogP contribution is 2.25. The first-order valence-corrected chi connectivity index (χ1v) is 4.75. The van der Waals surface area contributed by atoms with Gasteiger partial charge in [0, 0.05) is 19.2 Å². The molecule has 0 saturated carbocycles. The van der Waals surface area contributed by atoms with Crippen molar-refractivity contribution in [3.8, 4) is 0 Å². The van der Waals surface area contributed by atoms with Crippen LogP contribution in [0.25, 0.3) is 0 Å². The maximum atomic E-state index is 13.4. The van der Waals surface area contributed by atoms with Crippen molar-refractivity contribution < 1.29 is 13.5 Å². The molecule has 3 nitrogen and oxygen atoms in total. The lowest BCUT2D eigenvalue weighted by Gasteiger charge is -2.29. The van der Waals surface area contributed by atoms with Crippen LogP contribution in [0.15, 0.2) is 12.1 Å². The zero-order chi connectivity index (χ0) is 10.8. The van der Waals surface area contributed by atoms with Gasteiger partial charge < -0.3 is 15.4 Å². The van der Waals surface area contributed by atoms with Crippen molar-refractivity contribution in [2.24, 2.45) is 0 Å². The minimum absolute atomic E-state index is 0.0297. The van der Waals surface area contributed by atoms with Gasteiger partial charge in [-0.1, -0.05) is 0 Å². The second-order valence-electron chi connectivity index (χ2n) is 3.42. The Kier molecular flexibility index (Phi) is 2.73. The number of benzene rings is 1. The van der Waals surface area contributed by atoms with Gasteiger partial charge in [0.25, 0.3) is 0 Å². The molecule has 82 valence electrons. The van der Waals surface area contributed by atoms with E-state index in [0.29, 0.717) is 32.0 Å². The molecule has 1 aromatic rings. The maximum absolute atomic E-state index is 13.4. The third-order valence-electron chi connectivity index (χ3n) is 2.42. The highest BCUT2D eigenvalue weighted by molar-refractivity contribution is 5.57. The van der Waals surface area contributed by atoms with E-state index in [9.17, 15) is 8.78 Å². The molecule has 0 amide bonds. The van der Waals surface area contributed by atoms with Gasteiger partial charge in [0.05, 0.1) is 24.6 Å². The number of nitrogen functional groups attached to an aromatic ring is 1. The second kappa shape index (κ2) is 4.02. The Morgan fingerprint density at radius 2 is 1.80 bits per heavy atom. The molecular formula is C10H12F2N2O. The number of nitrogens with zero attached hydrogens (tertiary/aromatic N) is 1. The van der Waals surface area contributed by atoms with Crippen molar-refractivity contribution in [3.63, 3.8) is 0 Å². The highest BCUT2D eigenvalue weighted by Gasteiger charge is 2.16. The summed E-state index contributed by atoms with van der Waals surface area (Å²) in [5, 5.41) is 0. The van der Waals surface area contributed by atoms with Crippen molar-refractivity contribution in [1.82, 2.24) is 0 Å². The lowest BCUT2D eigenvalue weighted by molar-refractivity contribution is 0.122. The zero-order valence-corrected chi connectivity index (χ0v) is 8.17. The Morgan fingerprint density at radius 3 is 2.47 bits per heavy atom. The Hall–Kier alpha value is -1.36. The van der Waals surface area contributed by atoms with E-state index in [2.05, 4.69) is 0 Å². The van der Waals surface area contributed by atoms with Crippen LogP contribution in [-0.4, -0.2) is 26.3 Å². The average molecular weight is 214 g/mol. The van der Waals surface area contributed by atoms with E-state index in [-0.39, 0.29) is 5.69 Å². The number of hydrogen-bond acceptors (Lipinski definition) is 3. The summed E-state index contributed by atoms with van der Waals surface area (Å²) in [6, 6.07) is 2.15. The summed E-state index contributed by atoms with van der Waals surface area (Å²) in [6.45, 7) is 2.30. The number of nitrogens with two attached hydrogens (primary N) is 1. The normalized spacial score (nSPS) is 16.8. The Morgan fingerprint density at radius 1 is 1.13 bits per heavy atom. The summed E-state index contributed by atoms with van der Waals surface area (Å²) >= 11 is 0. The third kappa shape index (κ3) is 2.02. The highest BCUT2D eigenvalue weighted by atomic mass is 19.1. The summed E-state index contributed by atoms with van der Waals surface area (Å²) in [7, 11) is 0. The molecule has 0 aliphatic carbocycles. The molecule has 1 fully saturated rings. The van der Waals surface area contributed by atoms with Crippen LogP contribution in [0.2, 0.25) is 0 Å². The van der Waals surface area contributed by atoms with Crippen molar-refractivity contribution in [2.75, 3.05) is 36.9 Å². The van der Waals surface area contributed by atoms with Gasteiger partial charge in [-0.15, -0.1) is 0 Å². The van der Waals surface area contributed by atoms with Crippen LogP contribution in [0.1, 0.15) is 0 Å². The first kappa shape index (κ1) is 10.2. The first-order valence-electron chi connectivity index (χ1n) is 4.75. The molecule has 1 aliphatic heterocycles. The molecule has 0 radical (unpaired) electrons. The predicted octanol–water partition coefficient (Wildman–Crippen LogP) is 1.38. The molecule has 5 heteroatoms. The van der Waals surface area contributed by atoms with Gasteiger partial charge in [0.15, 0.2) is 0 Å². The van der Waals surface area contributed by atoms with E-state index < -0.39 is 11.6 Å². The van der Waals surface area contributed by atoms with Crippen LogP contribution >= 0.6 is 0 Å². The Labute approximate surface area is 86.4 Å². The molecule has 0 unspecified atom stereocenters. The molecule has 1 aliphatic rings. The van der Waals surface area contributed by atoms with E-state index in [4.69, 9.17) is 10.5 Å². The van der Waals surface area contributed by atoms with Crippen LogP contribution in [0.5, 0.6) is 0 Å². The molecule has 0 aromatic heterocycles. The van der Waals surface area contributed by atoms with Crippen molar-refractivity contribution in [2.45, 2.75) is 0 Å². The van der Waals surface area contributed by atoms with E-state index in [1.807, 2.05) is 0 Å². The quantitative estimate of drug-likeness (QED) is 0.718. The van der Waals surface area contributed by atoms with Crippen molar-refractivity contribution in [1.29, 1.82) is 0 Å². The van der Waals surface area contributed by atoms with E-state index in [1.165, 1.54) is 6.07 Å². The molecule has 0 bridgehead atoms. The second-order valence-corrected chi connectivity index (χ2v) is 3.42. The number of ether oxygens (including phenoxy) is 1. The molecule has 0 atom stereocenters. The number of rotatable bonds is 1. The fourth-order valence-electron chi connectivity index (χ4n) is 1.60. The van der Waals surface area contributed by atoms with Gasteiger partial charge in [0.2, 0.25) is 0 Å². The molecule has 0 spiro atoms. The van der Waals surface area contributed by atoms with Crippen LogP contribution in [0.3, 0.4) is 0 Å². The topological polar surface area (TPSA) is 38.5 Å². The number of halogens is 2. The third-order valence-corrected chi connectivity index (χ3v) is 2.42. The number of morpholine rings is 1. The van der Waals surface area contributed by atoms with E-state index in [1.54, 1.807) is 4.90 Å². The summed E-state index contributed by atoms with van der Waals surface area (Å²) in [5.41, 5.74) is 5.71. The predicted molar refractivity (Wildman–Crippen MR) is 53.8 cm³/mol. The first-order chi connectivity index (χ1) is 7.18. The molecule has 1 aromatic carbocycles. The standard InChI is InChI=1S/C10H12F2N2O/c11-7-5-8(12)10(6-9(7)13)14-1-3-15-4-2-14/h5-6H,1-4,13H2. The number of hydrogen-bond donors (Lipinski definition) is 1. The van der Waals surface area contributed by atoms with E-state index >= 15 is 0 Å². The fourth-order valence-corrected chi connectivity index (χ4v) is 1.60. The van der Waals surface area contributed by atoms with Gasteiger partial charge in [-0.3, -0.25) is 0 Å². The largest absolute Gasteiger partial charge is 0.396 e. The molecular weight excluding hydrogens is 202 g/mol. The summed E-state index contributed by atoms with van der Waals surface area (Å²) < 4.78 is 31.5. The van der Waals surface area contributed by atoms with Crippen LogP contribution in [0.4, 0.5) is 20.2 Å². The number of anilines is 2. The van der Waals surface area contributed by atoms with Crippen molar-refractivity contribution >= 4 is 11.4 Å². The molecule has 1 heterocycles. The Bertz CT molecular complexity index is 365. The summed E-state index contributed by atoms with van der Waals surface area (Å²) in [5.74, 6) is -1.30. The van der Waals surface area contributed by atoms with Crippen LogP contribution in [-0.2, 0) is 4.74 Å². The van der Waals surface area contributed by atoms with Gasteiger partial charge in [0.1, 0.15) is 11.6 Å². The van der Waals surface area contributed by atoms with Crippen LogP contribution < -0.4 is 10.6 Å². The maximum Gasteiger partial charge on any atom is 0.149 e. The van der Waals surface area contributed by atoms with Gasteiger partial charge >= 0.3 is 0 Å². The molecule has 2 N–H and O–H groups in total. The smallest absolute Gasteiger partial charge is 0.149 e. The van der Waals surface area contributed by atoms with E-state index in [0.717, 1.165) is 6.07 Å². The molecule has 2 rings (SSSR count). The summed E-state index contributed by atoms with van der Waals surface area (Å²) in [6.07, 6.45) is 0. The lowest BCUT2D eigenvalue weighted by Crippen LogP contribution is -2.36. The zero-order valence-electron chi connectivity index (χ0n) is 8.17. The summed E-state index contributed by atoms with van der Waals surface area (Å²) in [4.78, 5) is 1.80. The monoisotopic (exact) mass is 214 g/mol.